The van der Waals surface area contributed by atoms with E-state index < -0.39 is 0 Å². The average molecular weight is 298 g/mol. The molecule has 0 spiro atoms. The predicted molar refractivity (Wildman–Crippen MR) is 88.1 cm³/mol. The van der Waals surface area contributed by atoms with Crippen molar-refractivity contribution in [3.8, 4) is 17.0 Å². The van der Waals surface area contributed by atoms with Crippen LogP contribution in [0.4, 0.5) is 0 Å². The molecule has 1 heterocycles. The van der Waals surface area contributed by atoms with Crippen molar-refractivity contribution in [3.63, 3.8) is 0 Å². The number of ether oxygens (including phenoxy) is 1. The Bertz CT molecular complexity index is 670. The molecule has 1 aromatic heterocycles. The molecule has 2 aromatic rings. The first-order valence-electron chi connectivity index (χ1n) is 7.86. The second kappa shape index (κ2) is 6.79. The highest BCUT2D eigenvalue weighted by Crippen LogP contribution is 2.20. The van der Waals surface area contributed by atoms with Crippen LogP contribution in [0.15, 0.2) is 41.2 Å². The number of H-pyrrole nitrogens is 1. The maximum absolute atomic E-state index is 12.2. The lowest BCUT2D eigenvalue weighted by Gasteiger charge is -2.11. The molecular formula is C18H22N2O2. The highest BCUT2D eigenvalue weighted by atomic mass is 16.5. The highest BCUT2D eigenvalue weighted by molar-refractivity contribution is 5.60. The molecule has 2 N–H and O–H groups in total. The molecule has 1 aliphatic rings. The van der Waals surface area contributed by atoms with E-state index >= 15 is 0 Å². The molecule has 4 nitrogen and oxygen atoms in total. The van der Waals surface area contributed by atoms with Crippen LogP contribution in [0.3, 0.4) is 0 Å². The first kappa shape index (κ1) is 14.9. The fraction of sp³-hybridized carbons (Fsp3) is 0.389. The summed E-state index contributed by atoms with van der Waals surface area (Å²) in [4.78, 5) is 15.2. The number of aromatic amines is 1. The zero-order valence-electron chi connectivity index (χ0n) is 12.9. The Morgan fingerprint density at radius 3 is 2.50 bits per heavy atom. The summed E-state index contributed by atoms with van der Waals surface area (Å²) in [7, 11) is 1.64. The number of benzene rings is 1. The number of aromatic nitrogens is 1. The van der Waals surface area contributed by atoms with Gasteiger partial charge in [0.1, 0.15) is 5.75 Å². The minimum Gasteiger partial charge on any atom is -0.497 e. The van der Waals surface area contributed by atoms with Gasteiger partial charge < -0.3 is 15.0 Å². The van der Waals surface area contributed by atoms with Crippen molar-refractivity contribution in [1.82, 2.24) is 10.3 Å². The van der Waals surface area contributed by atoms with Crippen LogP contribution in [0.2, 0.25) is 0 Å². The summed E-state index contributed by atoms with van der Waals surface area (Å²) in [5, 5.41) is 3.48. The highest BCUT2D eigenvalue weighted by Gasteiger charge is 2.14. The van der Waals surface area contributed by atoms with Gasteiger partial charge in [-0.05, 0) is 48.7 Å². The van der Waals surface area contributed by atoms with Gasteiger partial charge in [-0.15, -0.1) is 0 Å². The van der Waals surface area contributed by atoms with Crippen LogP contribution in [0.25, 0.3) is 11.3 Å². The van der Waals surface area contributed by atoms with Crippen molar-refractivity contribution >= 4 is 0 Å². The SMILES string of the molecule is COc1ccc(-c2ccc(CNC3CCCC3)c(=O)[nH]2)cc1. The Hall–Kier alpha value is -2.07. The zero-order chi connectivity index (χ0) is 15.4. The Labute approximate surface area is 130 Å². The molecule has 116 valence electrons. The lowest BCUT2D eigenvalue weighted by atomic mass is 10.1. The third kappa shape index (κ3) is 3.39. The van der Waals surface area contributed by atoms with Crippen LogP contribution in [0.5, 0.6) is 5.75 Å². The van der Waals surface area contributed by atoms with Crippen molar-refractivity contribution in [2.75, 3.05) is 7.11 Å². The minimum absolute atomic E-state index is 0.0150. The fourth-order valence-electron chi connectivity index (χ4n) is 2.97. The number of hydrogen-bond donors (Lipinski definition) is 2. The Morgan fingerprint density at radius 1 is 1.14 bits per heavy atom. The summed E-state index contributed by atoms with van der Waals surface area (Å²) in [6, 6.07) is 12.1. The van der Waals surface area contributed by atoms with Crippen molar-refractivity contribution in [2.45, 2.75) is 38.3 Å². The number of methoxy groups -OCH3 is 1. The van der Waals surface area contributed by atoms with Crippen LogP contribution < -0.4 is 15.6 Å². The van der Waals surface area contributed by atoms with E-state index in [0.717, 1.165) is 22.6 Å². The first-order chi connectivity index (χ1) is 10.8. The van der Waals surface area contributed by atoms with E-state index in [4.69, 9.17) is 4.74 Å². The normalized spacial score (nSPS) is 15.1. The van der Waals surface area contributed by atoms with Gasteiger partial charge in [0.15, 0.2) is 0 Å². The Balaban J connectivity index is 1.71. The predicted octanol–water partition coefficient (Wildman–Crippen LogP) is 3.08. The maximum Gasteiger partial charge on any atom is 0.252 e. The van der Waals surface area contributed by atoms with E-state index in [2.05, 4.69) is 10.3 Å². The van der Waals surface area contributed by atoms with E-state index in [1.807, 2.05) is 36.4 Å². The molecule has 1 aliphatic carbocycles. The van der Waals surface area contributed by atoms with Crippen LogP contribution in [0, 0.1) is 0 Å². The molecule has 4 heteroatoms. The van der Waals surface area contributed by atoms with Gasteiger partial charge in [0.05, 0.1) is 7.11 Å². The summed E-state index contributed by atoms with van der Waals surface area (Å²) in [6.07, 6.45) is 5.04. The summed E-state index contributed by atoms with van der Waals surface area (Å²) in [5.41, 5.74) is 2.59. The maximum atomic E-state index is 12.2. The topological polar surface area (TPSA) is 54.1 Å². The molecule has 0 aliphatic heterocycles. The molecule has 1 saturated carbocycles. The molecule has 0 unspecified atom stereocenters. The van der Waals surface area contributed by atoms with Gasteiger partial charge in [0, 0.05) is 23.8 Å². The molecule has 0 radical (unpaired) electrons. The second-order valence-corrected chi connectivity index (χ2v) is 5.82. The number of pyridine rings is 1. The van der Waals surface area contributed by atoms with Crippen LogP contribution in [0.1, 0.15) is 31.2 Å². The third-order valence-electron chi connectivity index (χ3n) is 4.33. The number of rotatable bonds is 5. The van der Waals surface area contributed by atoms with E-state index in [1.165, 1.54) is 25.7 Å². The lowest BCUT2D eigenvalue weighted by molar-refractivity contribution is 0.415. The van der Waals surface area contributed by atoms with E-state index in [9.17, 15) is 4.79 Å². The standard InChI is InChI=1S/C18H22N2O2/c1-22-16-9-6-13(7-10-16)17-11-8-14(18(21)20-17)12-19-15-4-2-3-5-15/h6-11,15,19H,2-5,12H2,1H3,(H,20,21). The summed E-state index contributed by atoms with van der Waals surface area (Å²) < 4.78 is 5.15. The Morgan fingerprint density at radius 2 is 1.86 bits per heavy atom. The van der Waals surface area contributed by atoms with E-state index in [1.54, 1.807) is 7.11 Å². The van der Waals surface area contributed by atoms with Gasteiger partial charge in [-0.25, -0.2) is 0 Å². The summed E-state index contributed by atoms with van der Waals surface area (Å²) >= 11 is 0. The molecule has 0 bridgehead atoms. The number of nitrogens with one attached hydrogen (secondary N) is 2. The van der Waals surface area contributed by atoms with E-state index in [-0.39, 0.29) is 5.56 Å². The van der Waals surface area contributed by atoms with Gasteiger partial charge in [-0.2, -0.15) is 0 Å². The van der Waals surface area contributed by atoms with Crippen molar-refractivity contribution in [3.05, 3.63) is 52.3 Å². The van der Waals surface area contributed by atoms with Crippen molar-refractivity contribution in [1.29, 1.82) is 0 Å². The average Bonchev–Trinajstić information content (AvgIpc) is 3.07. The first-order valence-corrected chi connectivity index (χ1v) is 7.86. The van der Waals surface area contributed by atoms with Crippen LogP contribution in [-0.2, 0) is 6.54 Å². The molecule has 0 amide bonds. The zero-order valence-corrected chi connectivity index (χ0v) is 12.9. The smallest absolute Gasteiger partial charge is 0.252 e. The minimum atomic E-state index is -0.0150. The quantitative estimate of drug-likeness (QED) is 0.892. The van der Waals surface area contributed by atoms with Crippen LogP contribution >= 0.6 is 0 Å². The lowest BCUT2D eigenvalue weighted by Crippen LogP contribution is -2.28. The molecule has 1 fully saturated rings. The van der Waals surface area contributed by atoms with Crippen LogP contribution in [-0.4, -0.2) is 18.1 Å². The summed E-state index contributed by atoms with van der Waals surface area (Å²) in [5.74, 6) is 0.809. The van der Waals surface area contributed by atoms with Crippen molar-refractivity contribution < 1.29 is 4.74 Å². The number of hydrogen-bond acceptors (Lipinski definition) is 3. The third-order valence-corrected chi connectivity index (χ3v) is 4.33. The van der Waals surface area contributed by atoms with Crippen molar-refractivity contribution in [2.24, 2.45) is 0 Å². The second-order valence-electron chi connectivity index (χ2n) is 5.82. The summed E-state index contributed by atoms with van der Waals surface area (Å²) in [6.45, 7) is 0.642. The Kier molecular flexibility index (Phi) is 4.59. The molecule has 0 atom stereocenters. The molecule has 3 rings (SSSR count). The monoisotopic (exact) mass is 298 g/mol. The van der Waals surface area contributed by atoms with Gasteiger partial charge in [-0.3, -0.25) is 4.79 Å². The van der Waals surface area contributed by atoms with Gasteiger partial charge in [-0.1, -0.05) is 18.9 Å². The van der Waals surface area contributed by atoms with Gasteiger partial charge >= 0.3 is 0 Å². The van der Waals surface area contributed by atoms with E-state index in [0.29, 0.717) is 12.6 Å². The molecular weight excluding hydrogens is 276 g/mol. The largest absolute Gasteiger partial charge is 0.497 e. The van der Waals surface area contributed by atoms with Gasteiger partial charge in [0.2, 0.25) is 0 Å². The molecule has 0 saturated heterocycles. The van der Waals surface area contributed by atoms with Gasteiger partial charge in [0.25, 0.3) is 5.56 Å². The fourth-order valence-corrected chi connectivity index (χ4v) is 2.97. The molecule has 22 heavy (non-hydrogen) atoms. The molecule has 1 aromatic carbocycles.